The Morgan fingerprint density at radius 3 is 2.64 bits per heavy atom. The molecule has 0 radical (unpaired) electrons. The number of benzene rings is 2. The number of carbonyl (C=O) groups excluding carboxylic acids is 2. The van der Waals surface area contributed by atoms with E-state index in [-0.39, 0.29) is 35.9 Å². The van der Waals surface area contributed by atoms with E-state index >= 15 is 0 Å². The molecule has 2 amide bonds. The van der Waals surface area contributed by atoms with E-state index in [1.54, 1.807) is 11.0 Å². The second-order valence-electron chi connectivity index (χ2n) is 10.8. The number of hydrogen-bond donors (Lipinski definition) is 2. The van der Waals surface area contributed by atoms with Crippen molar-refractivity contribution in [2.45, 2.75) is 69.3 Å². The van der Waals surface area contributed by atoms with Gasteiger partial charge in [0.05, 0.1) is 31.4 Å². The van der Waals surface area contributed by atoms with E-state index in [0.717, 1.165) is 37.8 Å². The molecule has 2 bridgehead atoms. The Labute approximate surface area is 212 Å². The van der Waals surface area contributed by atoms with Crippen LogP contribution in [0.15, 0.2) is 42.5 Å². The fraction of sp³-hybridized carbons (Fsp3) is 0.517. The Kier molecular flexibility index (Phi) is 6.32. The Morgan fingerprint density at radius 2 is 1.89 bits per heavy atom. The fourth-order valence-corrected chi connectivity index (χ4v) is 6.57. The molecule has 6 rings (SSSR count). The van der Waals surface area contributed by atoms with Gasteiger partial charge in [0.25, 0.3) is 11.8 Å². The predicted molar refractivity (Wildman–Crippen MR) is 136 cm³/mol. The Bertz CT molecular complexity index is 1150. The van der Waals surface area contributed by atoms with Crippen LogP contribution in [0.1, 0.15) is 69.5 Å². The number of hydrogen-bond acceptors (Lipinski definition) is 5. The van der Waals surface area contributed by atoms with Crippen LogP contribution < -0.4 is 5.32 Å². The fourth-order valence-electron chi connectivity index (χ4n) is 6.57. The molecule has 2 saturated heterocycles. The quantitative estimate of drug-likeness (QED) is 0.675. The molecule has 0 aliphatic carbocycles. The molecular formula is C29H35N3O4. The number of fused-ring (bicyclic) bond motifs is 4. The van der Waals surface area contributed by atoms with Crippen LogP contribution in [0.5, 0.6) is 0 Å². The standard InChI is InChI=1S/C29H35N3O4/c1-2-18-14-31(15-27(33)26-12-19-5-3-4-6-21(19)13-30-26)29(35)24-10-7-20(11-25(18)24)28(34)32-22-8-9-23(32)17-36-16-22/h3-7,10-11,18,22-23,26-27,30,33H,2,8-9,12-17H2,1H3/t18-,22?,23?,26+,27-/m1/s1. The number of morpholine rings is 1. The van der Waals surface area contributed by atoms with E-state index in [0.29, 0.717) is 37.4 Å². The Morgan fingerprint density at radius 1 is 1.14 bits per heavy atom. The molecule has 0 saturated carbocycles. The summed E-state index contributed by atoms with van der Waals surface area (Å²) < 4.78 is 5.65. The van der Waals surface area contributed by atoms with Crippen molar-refractivity contribution in [3.8, 4) is 0 Å². The Hall–Kier alpha value is -2.74. The summed E-state index contributed by atoms with van der Waals surface area (Å²) in [6, 6.07) is 14.1. The molecule has 4 heterocycles. The van der Waals surface area contributed by atoms with Crippen LogP contribution in [0.25, 0.3) is 0 Å². The van der Waals surface area contributed by atoms with Crippen molar-refractivity contribution in [3.05, 3.63) is 70.3 Å². The molecule has 0 spiro atoms. The number of ether oxygens (including phenoxy) is 1. The average molecular weight is 490 g/mol. The minimum atomic E-state index is -0.654. The van der Waals surface area contributed by atoms with Crippen LogP contribution in [0.4, 0.5) is 0 Å². The molecule has 4 aliphatic heterocycles. The maximum absolute atomic E-state index is 13.5. The second-order valence-corrected chi connectivity index (χ2v) is 10.8. The maximum atomic E-state index is 13.5. The second kappa shape index (κ2) is 9.61. The highest BCUT2D eigenvalue weighted by atomic mass is 16.5. The van der Waals surface area contributed by atoms with Crippen molar-refractivity contribution in [2.75, 3.05) is 26.3 Å². The van der Waals surface area contributed by atoms with Gasteiger partial charge in [-0.1, -0.05) is 31.2 Å². The van der Waals surface area contributed by atoms with Gasteiger partial charge in [-0.2, -0.15) is 0 Å². The molecule has 190 valence electrons. The topological polar surface area (TPSA) is 82.1 Å². The summed E-state index contributed by atoms with van der Waals surface area (Å²) in [5, 5.41) is 14.5. The number of rotatable bonds is 5. The largest absolute Gasteiger partial charge is 0.390 e. The number of nitrogens with one attached hydrogen (secondary N) is 1. The zero-order chi connectivity index (χ0) is 24.8. The van der Waals surface area contributed by atoms with Crippen LogP contribution in [0.2, 0.25) is 0 Å². The number of amides is 2. The molecule has 2 aromatic rings. The summed E-state index contributed by atoms with van der Waals surface area (Å²) in [5.74, 6) is 0.131. The van der Waals surface area contributed by atoms with Gasteiger partial charge in [-0.3, -0.25) is 9.59 Å². The van der Waals surface area contributed by atoms with E-state index in [9.17, 15) is 14.7 Å². The first-order valence-electron chi connectivity index (χ1n) is 13.3. The van der Waals surface area contributed by atoms with Gasteiger partial charge in [0, 0.05) is 42.7 Å². The number of carbonyl (C=O) groups is 2. The molecule has 2 aromatic carbocycles. The van der Waals surface area contributed by atoms with E-state index in [1.807, 2.05) is 29.2 Å². The molecule has 7 nitrogen and oxygen atoms in total. The highest BCUT2D eigenvalue weighted by Gasteiger charge is 2.41. The molecule has 4 aliphatic rings. The number of β-amino-alcohol motifs (C(OH)–C–C–N with tert-alkyl or cyclic N) is 1. The lowest BCUT2D eigenvalue weighted by atomic mass is 9.85. The first-order chi connectivity index (χ1) is 17.5. The third-order valence-electron chi connectivity index (χ3n) is 8.65. The smallest absolute Gasteiger partial charge is 0.254 e. The minimum absolute atomic E-state index is 0.0532. The summed E-state index contributed by atoms with van der Waals surface area (Å²) in [4.78, 5) is 30.7. The number of nitrogens with zero attached hydrogens (tertiary/aromatic N) is 2. The molecule has 2 N–H and O–H groups in total. The molecular weight excluding hydrogens is 454 g/mol. The lowest BCUT2D eigenvalue weighted by Crippen LogP contribution is -2.52. The van der Waals surface area contributed by atoms with Crippen molar-refractivity contribution in [3.63, 3.8) is 0 Å². The van der Waals surface area contributed by atoms with Gasteiger partial charge >= 0.3 is 0 Å². The van der Waals surface area contributed by atoms with Gasteiger partial charge < -0.3 is 25.0 Å². The third kappa shape index (κ3) is 4.13. The highest BCUT2D eigenvalue weighted by molar-refractivity contribution is 6.00. The maximum Gasteiger partial charge on any atom is 0.254 e. The van der Waals surface area contributed by atoms with Gasteiger partial charge in [0.2, 0.25) is 0 Å². The van der Waals surface area contributed by atoms with Gasteiger partial charge in [0.1, 0.15) is 0 Å². The molecule has 5 atom stereocenters. The van der Waals surface area contributed by atoms with Gasteiger partial charge in [-0.15, -0.1) is 0 Å². The first-order valence-corrected chi connectivity index (χ1v) is 13.3. The van der Waals surface area contributed by atoms with E-state index in [4.69, 9.17) is 4.74 Å². The van der Waals surface area contributed by atoms with Crippen molar-refractivity contribution >= 4 is 11.8 Å². The normalized spacial score (nSPS) is 28.0. The highest BCUT2D eigenvalue weighted by Crippen LogP contribution is 2.34. The summed E-state index contributed by atoms with van der Waals surface area (Å²) >= 11 is 0. The Balaban J connectivity index is 1.19. The monoisotopic (exact) mass is 489 g/mol. The molecule has 0 aromatic heterocycles. The molecule has 36 heavy (non-hydrogen) atoms. The zero-order valence-corrected chi connectivity index (χ0v) is 20.9. The van der Waals surface area contributed by atoms with Gasteiger partial charge in [-0.05, 0) is 60.6 Å². The summed E-state index contributed by atoms with van der Waals surface area (Å²) in [5.41, 5.74) is 4.81. The third-order valence-corrected chi connectivity index (χ3v) is 8.65. The molecule has 2 unspecified atom stereocenters. The summed E-state index contributed by atoms with van der Waals surface area (Å²) in [6.07, 6.45) is 2.95. The lowest BCUT2D eigenvalue weighted by Gasteiger charge is -2.38. The van der Waals surface area contributed by atoms with Crippen LogP contribution in [0, 0.1) is 0 Å². The summed E-state index contributed by atoms with van der Waals surface area (Å²) in [6.45, 7) is 4.93. The van der Waals surface area contributed by atoms with Crippen molar-refractivity contribution in [1.29, 1.82) is 0 Å². The summed E-state index contributed by atoms with van der Waals surface area (Å²) in [7, 11) is 0. The SMILES string of the molecule is CC[C@@H]1CN(C[C@@H](O)[C@@H]2Cc3ccccc3CN2)C(=O)c2ccc(C(=O)N3C4CCC3COC4)cc21. The minimum Gasteiger partial charge on any atom is -0.390 e. The van der Waals surface area contributed by atoms with E-state index in [1.165, 1.54) is 11.1 Å². The average Bonchev–Trinajstić information content (AvgIpc) is 3.16. The van der Waals surface area contributed by atoms with Crippen molar-refractivity contribution in [1.82, 2.24) is 15.1 Å². The predicted octanol–water partition coefficient (Wildman–Crippen LogP) is 2.71. The van der Waals surface area contributed by atoms with E-state index in [2.05, 4.69) is 24.4 Å². The van der Waals surface area contributed by atoms with Gasteiger partial charge in [0.15, 0.2) is 0 Å². The molecule has 7 heteroatoms. The van der Waals surface area contributed by atoms with Gasteiger partial charge in [-0.25, -0.2) is 0 Å². The van der Waals surface area contributed by atoms with E-state index < -0.39 is 6.10 Å². The van der Waals surface area contributed by atoms with Crippen LogP contribution >= 0.6 is 0 Å². The number of aliphatic hydroxyl groups excluding tert-OH is 1. The molecule has 2 fully saturated rings. The van der Waals surface area contributed by atoms with Crippen molar-refractivity contribution < 1.29 is 19.4 Å². The van der Waals surface area contributed by atoms with Crippen molar-refractivity contribution in [2.24, 2.45) is 0 Å². The van der Waals surface area contributed by atoms with Crippen LogP contribution in [-0.4, -0.2) is 77.3 Å². The zero-order valence-electron chi connectivity index (χ0n) is 20.9. The first kappa shape index (κ1) is 23.6. The van der Waals surface area contributed by atoms with Crippen LogP contribution in [-0.2, 0) is 17.7 Å². The van der Waals surface area contributed by atoms with Crippen LogP contribution in [0.3, 0.4) is 0 Å². The lowest BCUT2D eigenvalue weighted by molar-refractivity contribution is -0.00717. The number of aliphatic hydroxyl groups is 1.